The lowest BCUT2D eigenvalue weighted by Crippen LogP contribution is -2.37. The van der Waals surface area contributed by atoms with E-state index in [4.69, 9.17) is 4.74 Å². The van der Waals surface area contributed by atoms with Crippen LogP contribution in [0.3, 0.4) is 0 Å². The van der Waals surface area contributed by atoms with Crippen molar-refractivity contribution in [2.24, 2.45) is 0 Å². The van der Waals surface area contributed by atoms with E-state index < -0.39 is 6.10 Å². The third kappa shape index (κ3) is 3.87. The summed E-state index contributed by atoms with van der Waals surface area (Å²) in [5, 5.41) is 2.81. The summed E-state index contributed by atoms with van der Waals surface area (Å²) >= 11 is 0. The molecule has 4 nitrogen and oxygen atoms in total. The fraction of sp³-hybridized carbons (Fsp3) is 0.429. The van der Waals surface area contributed by atoms with Crippen LogP contribution in [0.4, 0.5) is 0 Å². The fourth-order valence-corrected chi connectivity index (χ4v) is 1.60. The van der Waals surface area contributed by atoms with Crippen LogP contribution in [0, 0.1) is 0 Å². The molecule has 1 aliphatic rings. The van der Waals surface area contributed by atoms with Crippen molar-refractivity contribution in [3.63, 3.8) is 0 Å². The van der Waals surface area contributed by atoms with Crippen molar-refractivity contribution < 1.29 is 14.3 Å². The summed E-state index contributed by atoms with van der Waals surface area (Å²) in [6, 6.07) is 9.62. The van der Waals surface area contributed by atoms with Crippen LogP contribution in [-0.4, -0.2) is 24.0 Å². The summed E-state index contributed by atoms with van der Waals surface area (Å²) in [6.07, 6.45) is 1.52. The number of hydrogen-bond acceptors (Lipinski definition) is 3. The Morgan fingerprint density at radius 1 is 1.33 bits per heavy atom. The molecule has 0 aromatic heterocycles. The van der Waals surface area contributed by atoms with Crippen LogP contribution in [0.1, 0.15) is 25.3 Å². The molecule has 4 heteroatoms. The average Bonchev–Trinajstić information content (AvgIpc) is 3.14. The molecule has 0 aliphatic heterocycles. The molecular weight excluding hydrogens is 230 g/mol. The van der Waals surface area contributed by atoms with E-state index in [1.807, 2.05) is 30.3 Å². The summed E-state index contributed by atoms with van der Waals surface area (Å²) in [6.45, 7) is 1.60. The zero-order chi connectivity index (χ0) is 13.0. The van der Waals surface area contributed by atoms with Crippen molar-refractivity contribution in [2.75, 3.05) is 0 Å². The third-order valence-electron chi connectivity index (χ3n) is 2.79. The van der Waals surface area contributed by atoms with Gasteiger partial charge in [-0.15, -0.1) is 0 Å². The van der Waals surface area contributed by atoms with Gasteiger partial charge < -0.3 is 10.1 Å². The van der Waals surface area contributed by atoms with Crippen molar-refractivity contribution in [3.8, 4) is 0 Å². The van der Waals surface area contributed by atoms with E-state index in [2.05, 4.69) is 5.32 Å². The molecule has 18 heavy (non-hydrogen) atoms. The second kappa shape index (κ2) is 5.67. The summed E-state index contributed by atoms with van der Waals surface area (Å²) in [5.74, 6) is -0.585. The van der Waals surface area contributed by atoms with E-state index in [0.29, 0.717) is 0 Å². The minimum atomic E-state index is -0.721. The van der Waals surface area contributed by atoms with Gasteiger partial charge in [0.05, 0.1) is 6.42 Å². The number of rotatable bonds is 5. The van der Waals surface area contributed by atoms with E-state index in [1.54, 1.807) is 6.92 Å². The molecule has 1 aromatic rings. The quantitative estimate of drug-likeness (QED) is 0.801. The number of nitrogens with one attached hydrogen (secondary N) is 1. The molecule has 1 amide bonds. The van der Waals surface area contributed by atoms with Gasteiger partial charge in [0.25, 0.3) is 5.91 Å². The first-order valence-corrected chi connectivity index (χ1v) is 6.19. The van der Waals surface area contributed by atoms with Crippen LogP contribution < -0.4 is 5.32 Å². The zero-order valence-corrected chi connectivity index (χ0v) is 10.4. The number of hydrogen-bond donors (Lipinski definition) is 1. The Hall–Kier alpha value is -1.84. The standard InChI is InChI=1S/C14H17NO3/c1-10(14(17)15-12-7-8-12)18-13(16)9-11-5-3-2-4-6-11/h2-6,10,12H,7-9H2,1H3,(H,15,17)/t10-/m1/s1. The summed E-state index contributed by atoms with van der Waals surface area (Å²) < 4.78 is 5.09. The van der Waals surface area contributed by atoms with E-state index >= 15 is 0 Å². The Bertz CT molecular complexity index is 426. The van der Waals surface area contributed by atoms with E-state index in [9.17, 15) is 9.59 Å². The summed E-state index contributed by atoms with van der Waals surface area (Å²) in [7, 11) is 0. The van der Waals surface area contributed by atoms with Gasteiger partial charge in [0.15, 0.2) is 6.10 Å². The Morgan fingerprint density at radius 2 is 2.00 bits per heavy atom. The summed E-state index contributed by atoms with van der Waals surface area (Å²) in [5.41, 5.74) is 0.886. The highest BCUT2D eigenvalue weighted by Crippen LogP contribution is 2.18. The van der Waals surface area contributed by atoms with Crippen LogP contribution in [0.15, 0.2) is 30.3 Å². The molecule has 0 heterocycles. The third-order valence-corrected chi connectivity index (χ3v) is 2.79. The van der Waals surface area contributed by atoms with Crippen LogP contribution >= 0.6 is 0 Å². The maximum atomic E-state index is 11.6. The van der Waals surface area contributed by atoms with Gasteiger partial charge in [-0.3, -0.25) is 9.59 Å². The number of ether oxygens (including phenoxy) is 1. The molecule has 1 aromatic carbocycles. The largest absolute Gasteiger partial charge is 0.452 e. The van der Waals surface area contributed by atoms with Crippen molar-refractivity contribution >= 4 is 11.9 Å². The smallest absolute Gasteiger partial charge is 0.311 e. The van der Waals surface area contributed by atoms with Crippen molar-refractivity contribution in [3.05, 3.63) is 35.9 Å². The highest BCUT2D eigenvalue weighted by molar-refractivity contribution is 5.84. The van der Waals surface area contributed by atoms with Crippen LogP contribution in [0.5, 0.6) is 0 Å². The Morgan fingerprint density at radius 3 is 2.61 bits per heavy atom. The molecule has 96 valence electrons. The minimum absolute atomic E-state index is 0.196. The predicted octanol–water partition coefficient (Wildman–Crippen LogP) is 1.44. The maximum Gasteiger partial charge on any atom is 0.311 e. The SMILES string of the molecule is C[C@@H](OC(=O)Cc1ccccc1)C(=O)NC1CC1. The first-order chi connectivity index (χ1) is 8.65. The second-order valence-corrected chi connectivity index (χ2v) is 4.58. The van der Waals surface area contributed by atoms with Gasteiger partial charge in [-0.2, -0.15) is 0 Å². The monoisotopic (exact) mass is 247 g/mol. The number of esters is 1. The second-order valence-electron chi connectivity index (χ2n) is 4.58. The van der Waals surface area contributed by atoms with Crippen molar-refractivity contribution in [2.45, 2.75) is 38.3 Å². The summed E-state index contributed by atoms with van der Waals surface area (Å²) in [4.78, 5) is 23.2. The molecule has 2 rings (SSSR count). The molecule has 1 fully saturated rings. The molecular formula is C14H17NO3. The van der Waals surface area contributed by atoms with Crippen LogP contribution in [0.25, 0.3) is 0 Å². The predicted molar refractivity (Wildman–Crippen MR) is 66.9 cm³/mol. The van der Waals surface area contributed by atoms with Gasteiger partial charge in [0.1, 0.15) is 0 Å². The highest BCUT2D eigenvalue weighted by atomic mass is 16.5. The Balaban J connectivity index is 1.77. The molecule has 0 saturated heterocycles. The Kier molecular flexibility index (Phi) is 3.97. The molecule has 1 N–H and O–H groups in total. The van der Waals surface area contributed by atoms with Gasteiger partial charge in [-0.25, -0.2) is 0 Å². The Labute approximate surface area is 106 Å². The first-order valence-electron chi connectivity index (χ1n) is 6.19. The lowest BCUT2D eigenvalue weighted by Gasteiger charge is -2.13. The number of carbonyl (C=O) groups excluding carboxylic acids is 2. The molecule has 0 unspecified atom stereocenters. The molecule has 0 bridgehead atoms. The van der Waals surface area contributed by atoms with Gasteiger partial charge in [0.2, 0.25) is 0 Å². The number of benzene rings is 1. The molecule has 1 atom stereocenters. The van der Waals surface area contributed by atoms with E-state index in [1.165, 1.54) is 0 Å². The van der Waals surface area contributed by atoms with Crippen LogP contribution in [-0.2, 0) is 20.7 Å². The zero-order valence-electron chi connectivity index (χ0n) is 10.4. The van der Waals surface area contributed by atoms with E-state index in [-0.39, 0.29) is 24.3 Å². The van der Waals surface area contributed by atoms with Gasteiger partial charge in [-0.1, -0.05) is 30.3 Å². The van der Waals surface area contributed by atoms with Crippen molar-refractivity contribution in [1.82, 2.24) is 5.32 Å². The van der Waals surface area contributed by atoms with Crippen LogP contribution in [0.2, 0.25) is 0 Å². The molecule has 0 spiro atoms. The lowest BCUT2D eigenvalue weighted by molar-refractivity contribution is -0.154. The lowest BCUT2D eigenvalue weighted by atomic mass is 10.1. The topological polar surface area (TPSA) is 55.4 Å². The van der Waals surface area contributed by atoms with Crippen molar-refractivity contribution in [1.29, 1.82) is 0 Å². The minimum Gasteiger partial charge on any atom is -0.452 e. The van der Waals surface area contributed by atoms with Gasteiger partial charge in [-0.05, 0) is 25.3 Å². The average molecular weight is 247 g/mol. The fourth-order valence-electron chi connectivity index (χ4n) is 1.60. The number of carbonyl (C=O) groups is 2. The molecule has 0 radical (unpaired) electrons. The first kappa shape index (κ1) is 12.6. The molecule has 1 aliphatic carbocycles. The normalized spacial score (nSPS) is 15.8. The highest BCUT2D eigenvalue weighted by Gasteiger charge is 2.27. The number of amides is 1. The van der Waals surface area contributed by atoms with Gasteiger partial charge in [0, 0.05) is 6.04 Å². The van der Waals surface area contributed by atoms with E-state index in [0.717, 1.165) is 18.4 Å². The molecule has 1 saturated carbocycles. The van der Waals surface area contributed by atoms with Gasteiger partial charge >= 0.3 is 5.97 Å². The maximum absolute atomic E-state index is 11.6.